The molecule has 0 saturated carbocycles. The van der Waals surface area contributed by atoms with Crippen LogP contribution in [0.4, 0.5) is 5.69 Å². The van der Waals surface area contributed by atoms with E-state index in [0.717, 1.165) is 18.7 Å². The van der Waals surface area contributed by atoms with Gasteiger partial charge in [0.15, 0.2) is 5.82 Å². The maximum Gasteiger partial charge on any atom is 0.261 e. The van der Waals surface area contributed by atoms with E-state index in [1.165, 1.54) is 45.2 Å². The molecule has 0 radical (unpaired) electrons. The van der Waals surface area contributed by atoms with Crippen molar-refractivity contribution >= 4 is 17.3 Å². The Morgan fingerprint density at radius 1 is 1.31 bits per heavy atom. The Morgan fingerprint density at radius 3 is 2.81 bits per heavy atom. The van der Waals surface area contributed by atoms with Crippen LogP contribution in [-0.4, -0.2) is 40.8 Å². The van der Waals surface area contributed by atoms with E-state index in [1.807, 2.05) is 0 Å². The highest BCUT2D eigenvalue weighted by molar-refractivity contribution is 6.33. The van der Waals surface area contributed by atoms with E-state index in [1.54, 1.807) is 19.2 Å². The third kappa shape index (κ3) is 3.16. The first-order valence-corrected chi connectivity index (χ1v) is 9.70. The molecule has 0 spiro atoms. The van der Waals surface area contributed by atoms with Crippen molar-refractivity contribution in [2.75, 3.05) is 25.9 Å². The number of nitrogen functional groups attached to an aromatic ring is 1. The number of nitrogens with two attached hydrogens (primary N) is 1. The second-order valence-corrected chi connectivity index (χ2v) is 7.77. The molecule has 0 unspecified atom stereocenters. The number of aromatic nitrogens is 2. The lowest BCUT2D eigenvalue weighted by molar-refractivity contribution is 0.178. The quantitative estimate of drug-likeness (QED) is 0.769. The maximum atomic E-state index is 6.13. The SMILES string of the molecule is COc1cc(N)c(Cl)cc1-c1nc(CCCC23CCCN2CCC3)no1. The van der Waals surface area contributed by atoms with Crippen LogP contribution in [0, 0.1) is 0 Å². The van der Waals surface area contributed by atoms with Crippen molar-refractivity contribution in [3.05, 3.63) is 23.0 Å². The molecule has 2 aromatic rings. The van der Waals surface area contributed by atoms with Crippen molar-refractivity contribution < 1.29 is 9.26 Å². The Hall–Kier alpha value is -1.79. The Bertz CT molecular complexity index is 782. The van der Waals surface area contributed by atoms with Crippen LogP contribution >= 0.6 is 11.6 Å². The van der Waals surface area contributed by atoms with Crippen molar-refractivity contribution in [2.24, 2.45) is 0 Å². The van der Waals surface area contributed by atoms with Gasteiger partial charge in [-0.2, -0.15) is 4.98 Å². The van der Waals surface area contributed by atoms with Gasteiger partial charge in [0.2, 0.25) is 0 Å². The predicted molar refractivity (Wildman–Crippen MR) is 101 cm³/mol. The molecule has 0 bridgehead atoms. The van der Waals surface area contributed by atoms with E-state index >= 15 is 0 Å². The van der Waals surface area contributed by atoms with Gasteiger partial charge in [-0.1, -0.05) is 16.8 Å². The second kappa shape index (κ2) is 7.08. The third-order valence-electron chi connectivity index (χ3n) is 5.87. The van der Waals surface area contributed by atoms with Gasteiger partial charge in [-0.15, -0.1) is 0 Å². The lowest BCUT2D eigenvalue weighted by Gasteiger charge is -2.32. The number of halogens is 1. The zero-order valence-corrected chi connectivity index (χ0v) is 15.9. The maximum absolute atomic E-state index is 6.13. The normalized spacial score (nSPS) is 19.0. The van der Waals surface area contributed by atoms with Crippen LogP contribution in [0.2, 0.25) is 5.02 Å². The number of methoxy groups -OCH3 is 1. The van der Waals surface area contributed by atoms with Gasteiger partial charge >= 0.3 is 0 Å². The Morgan fingerprint density at radius 2 is 2.08 bits per heavy atom. The molecule has 6 nitrogen and oxygen atoms in total. The van der Waals surface area contributed by atoms with Crippen LogP contribution < -0.4 is 10.5 Å². The largest absolute Gasteiger partial charge is 0.496 e. The summed E-state index contributed by atoms with van der Waals surface area (Å²) in [5.74, 6) is 1.72. The van der Waals surface area contributed by atoms with E-state index in [0.29, 0.717) is 33.5 Å². The minimum atomic E-state index is 0.417. The smallest absolute Gasteiger partial charge is 0.261 e. The summed E-state index contributed by atoms with van der Waals surface area (Å²) in [6.07, 6.45) is 8.47. The summed E-state index contributed by atoms with van der Waals surface area (Å²) in [5, 5.41) is 4.58. The third-order valence-corrected chi connectivity index (χ3v) is 6.20. The van der Waals surface area contributed by atoms with Gasteiger partial charge < -0.3 is 15.0 Å². The van der Waals surface area contributed by atoms with E-state index in [4.69, 9.17) is 26.6 Å². The summed E-state index contributed by atoms with van der Waals surface area (Å²) in [7, 11) is 1.58. The average molecular weight is 377 g/mol. The van der Waals surface area contributed by atoms with Crippen LogP contribution in [0.15, 0.2) is 16.7 Å². The Kier molecular flexibility index (Phi) is 4.80. The van der Waals surface area contributed by atoms with Gasteiger partial charge in [-0.3, -0.25) is 4.90 Å². The summed E-state index contributed by atoms with van der Waals surface area (Å²) >= 11 is 6.13. The first kappa shape index (κ1) is 17.6. The van der Waals surface area contributed by atoms with Crippen molar-refractivity contribution in [3.8, 4) is 17.2 Å². The molecule has 7 heteroatoms. The molecule has 0 amide bonds. The van der Waals surface area contributed by atoms with Crippen molar-refractivity contribution in [1.29, 1.82) is 0 Å². The fourth-order valence-electron chi connectivity index (χ4n) is 4.58. The van der Waals surface area contributed by atoms with Gasteiger partial charge in [0, 0.05) is 18.0 Å². The first-order valence-electron chi connectivity index (χ1n) is 9.32. The van der Waals surface area contributed by atoms with Crippen LogP contribution in [0.1, 0.15) is 44.3 Å². The number of ether oxygens (including phenoxy) is 1. The summed E-state index contributed by atoms with van der Waals surface area (Å²) in [5.41, 5.74) is 7.41. The van der Waals surface area contributed by atoms with E-state index < -0.39 is 0 Å². The van der Waals surface area contributed by atoms with Crippen molar-refractivity contribution in [1.82, 2.24) is 15.0 Å². The molecule has 2 N–H and O–H groups in total. The minimum absolute atomic E-state index is 0.417. The fourth-order valence-corrected chi connectivity index (χ4v) is 4.74. The van der Waals surface area contributed by atoms with E-state index in [-0.39, 0.29) is 0 Å². The molecule has 26 heavy (non-hydrogen) atoms. The molecule has 1 aromatic heterocycles. The van der Waals surface area contributed by atoms with Crippen LogP contribution in [-0.2, 0) is 6.42 Å². The van der Waals surface area contributed by atoms with Gasteiger partial charge in [-0.25, -0.2) is 0 Å². The second-order valence-electron chi connectivity index (χ2n) is 7.36. The highest BCUT2D eigenvalue weighted by Gasteiger charge is 2.43. The van der Waals surface area contributed by atoms with Crippen molar-refractivity contribution in [2.45, 2.75) is 50.5 Å². The molecule has 4 rings (SSSR count). The molecule has 0 atom stereocenters. The number of benzene rings is 1. The molecular weight excluding hydrogens is 352 g/mol. The van der Waals surface area contributed by atoms with Gasteiger partial charge in [0.25, 0.3) is 5.89 Å². The molecule has 140 valence electrons. The number of anilines is 1. The Balaban J connectivity index is 1.43. The van der Waals surface area contributed by atoms with Gasteiger partial charge in [0.1, 0.15) is 5.75 Å². The molecular formula is C19H25ClN4O2. The topological polar surface area (TPSA) is 77.4 Å². The summed E-state index contributed by atoms with van der Waals surface area (Å²) in [6.45, 7) is 2.54. The van der Waals surface area contributed by atoms with Crippen molar-refractivity contribution in [3.63, 3.8) is 0 Å². The zero-order valence-electron chi connectivity index (χ0n) is 15.1. The lowest BCUT2D eigenvalue weighted by atomic mass is 9.88. The monoisotopic (exact) mass is 376 g/mol. The van der Waals surface area contributed by atoms with E-state index in [2.05, 4.69) is 15.0 Å². The fraction of sp³-hybridized carbons (Fsp3) is 0.579. The molecule has 3 heterocycles. The lowest BCUT2D eigenvalue weighted by Crippen LogP contribution is -2.37. The molecule has 2 fully saturated rings. The zero-order chi connectivity index (χ0) is 18.1. The number of fused-ring (bicyclic) bond motifs is 1. The van der Waals surface area contributed by atoms with Crippen LogP contribution in [0.25, 0.3) is 11.5 Å². The molecule has 1 aromatic carbocycles. The summed E-state index contributed by atoms with van der Waals surface area (Å²) < 4.78 is 10.8. The summed E-state index contributed by atoms with van der Waals surface area (Å²) in [4.78, 5) is 7.23. The highest BCUT2D eigenvalue weighted by atomic mass is 35.5. The predicted octanol–water partition coefficient (Wildman–Crippen LogP) is 3.93. The number of aryl methyl sites for hydroxylation is 1. The summed E-state index contributed by atoms with van der Waals surface area (Å²) in [6, 6.07) is 3.39. The number of hydrogen-bond acceptors (Lipinski definition) is 6. The molecule has 0 aliphatic carbocycles. The van der Waals surface area contributed by atoms with E-state index in [9.17, 15) is 0 Å². The standard InChI is InChI=1S/C19H25ClN4O2/c1-25-16-12-15(21)14(20)11-13(16)18-22-17(23-26-18)5-2-6-19-7-3-9-24(19)10-4-8-19/h11-12H,2-10,21H2,1H3. The number of hydrogen-bond donors (Lipinski definition) is 1. The average Bonchev–Trinajstić information content (AvgIpc) is 3.32. The van der Waals surface area contributed by atoms with Crippen LogP contribution in [0.3, 0.4) is 0 Å². The molecule has 2 aliphatic rings. The first-order chi connectivity index (χ1) is 12.6. The van der Waals surface area contributed by atoms with Crippen LogP contribution in [0.5, 0.6) is 5.75 Å². The highest BCUT2D eigenvalue weighted by Crippen LogP contribution is 2.42. The molecule has 2 aliphatic heterocycles. The molecule has 2 saturated heterocycles. The number of nitrogens with zero attached hydrogens (tertiary/aromatic N) is 3. The Labute approximate surface area is 158 Å². The van der Waals surface area contributed by atoms with Gasteiger partial charge in [0.05, 0.1) is 23.4 Å². The minimum Gasteiger partial charge on any atom is -0.496 e. The van der Waals surface area contributed by atoms with Gasteiger partial charge in [-0.05, 0) is 57.7 Å². The number of rotatable bonds is 6.